The van der Waals surface area contributed by atoms with E-state index in [-0.39, 0.29) is 5.04 Å². The molecule has 0 heterocycles. The van der Waals surface area contributed by atoms with Crippen LogP contribution in [0, 0.1) is 23.2 Å². The minimum Gasteiger partial charge on any atom is -0.413 e. The zero-order chi connectivity index (χ0) is 14.9. The van der Waals surface area contributed by atoms with E-state index in [1.54, 1.807) is 0 Å². The molecular formula is C17H30O2Si. The quantitative estimate of drug-likeness (QED) is 0.706. The summed E-state index contributed by atoms with van der Waals surface area (Å²) in [5.41, 5.74) is 0.394. The van der Waals surface area contributed by atoms with Crippen LogP contribution in [0.15, 0.2) is 0 Å². The zero-order valence-corrected chi connectivity index (χ0v) is 15.0. The molecule has 0 amide bonds. The molecule has 114 valence electrons. The van der Waals surface area contributed by atoms with Crippen molar-refractivity contribution in [2.75, 3.05) is 0 Å². The van der Waals surface area contributed by atoms with E-state index in [1.165, 1.54) is 6.42 Å². The zero-order valence-electron chi connectivity index (χ0n) is 14.0. The van der Waals surface area contributed by atoms with E-state index in [9.17, 15) is 4.79 Å². The highest BCUT2D eigenvalue weighted by atomic mass is 28.4. The minimum atomic E-state index is -1.73. The highest BCUT2D eigenvalue weighted by molar-refractivity contribution is 6.74. The molecule has 0 unspecified atom stereocenters. The SMILES string of the molecule is CC(C)(C)[Si](C)(C)O[C@H]1[C@H]2C[C@H]2[C@]2(C)CCC(=O)C[C@@H]12. The van der Waals surface area contributed by atoms with Crippen LogP contribution in [0.5, 0.6) is 0 Å². The van der Waals surface area contributed by atoms with Gasteiger partial charge in [0.05, 0.1) is 6.10 Å². The number of hydrogen-bond acceptors (Lipinski definition) is 2. The third kappa shape index (κ3) is 2.04. The predicted molar refractivity (Wildman–Crippen MR) is 84.1 cm³/mol. The van der Waals surface area contributed by atoms with Gasteiger partial charge in [0.25, 0.3) is 0 Å². The molecule has 3 saturated carbocycles. The summed E-state index contributed by atoms with van der Waals surface area (Å²) >= 11 is 0. The van der Waals surface area contributed by atoms with E-state index in [0.29, 0.717) is 23.2 Å². The summed E-state index contributed by atoms with van der Waals surface area (Å²) in [4.78, 5) is 11.9. The molecule has 3 aliphatic carbocycles. The fraction of sp³-hybridized carbons (Fsp3) is 0.941. The molecule has 0 aliphatic heterocycles. The molecule has 0 aromatic rings. The third-order valence-electron chi connectivity index (χ3n) is 6.98. The molecule has 2 nitrogen and oxygen atoms in total. The van der Waals surface area contributed by atoms with Crippen LogP contribution in [-0.4, -0.2) is 20.2 Å². The maximum absolute atomic E-state index is 11.9. The van der Waals surface area contributed by atoms with Crippen molar-refractivity contribution in [3.05, 3.63) is 0 Å². The largest absolute Gasteiger partial charge is 0.413 e. The summed E-state index contributed by atoms with van der Waals surface area (Å²) in [6, 6.07) is 0. The molecule has 0 N–H and O–H groups in total. The lowest BCUT2D eigenvalue weighted by atomic mass is 9.66. The summed E-state index contributed by atoms with van der Waals surface area (Å²) in [5, 5.41) is 0.259. The Bertz CT molecular complexity index is 437. The van der Waals surface area contributed by atoms with Crippen LogP contribution in [0.25, 0.3) is 0 Å². The molecule has 5 atom stereocenters. The smallest absolute Gasteiger partial charge is 0.192 e. The van der Waals surface area contributed by atoms with Gasteiger partial charge in [-0.1, -0.05) is 27.7 Å². The van der Waals surface area contributed by atoms with Crippen LogP contribution < -0.4 is 0 Å². The molecule has 3 rings (SSSR count). The first-order chi connectivity index (χ1) is 9.06. The van der Waals surface area contributed by atoms with Gasteiger partial charge in [-0.2, -0.15) is 0 Å². The minimum absolute atomic E-state index is 0.259. The van der Waals surface area contributed by atoms with Crippen molar-refractivity contribution >= 4 is 14.1 Å². The van der Waals surface area contributed by atoms with E-state index in [4.69, 9.17) is 4.43 Å². The highest BCUT2D eigenvalue weighted by Crippen LogP contribution is 2.69. The maximum atomic E-state index is 11.9. The van der Waals surface area contributed by atoms with Gasteiger partial charge >= 0.3 is 0 Å². The number of Topliss-reactive ketones (excluding diaryl/α,β-unsaturated/α-hetero) is 1. The van der Waals surface area contributed by atoms with Crippen LogP contribution in [0.3, 0.4) is 0 Å². The predicted octanol–water partition coefficient (Wildman–Crippen LogP) is 4.40. The number of ketones is 1. The Morgan fingerprint density at radius 3 is 2.50 bits per heavy atom. The van der Waals surface area contributed by atoms with Gasteiger partial charge in [-0.25, -0.2) is 0 Å². The number of rotatable bonds is 2. The van der Waals surface area contributed by atoms with Crippen molar-refractivity contribution in [3.8, 4) is 0 Å². The average Bonchev–Trinajstić information content (AvgIpc) is 3.04. The molecule has 3 aliphatic rings. The summed E-state index contributed by atoms with van der Waals surface area (Å²) in [6.45, 7) is 14.1. The van der Waals surface area contributed by atoms with E-state index in [0.717, 1.165) is 31.1 Å². The first-order valence-electron chi connectivity index (χ1n) is 8.26. The molecule has 0 radical (unpaired) electrons. The van der Waals surface area contributed by atoms with Crippen LogP contribution in [0.1, 0.15) is 53.4 Å². The molecule has 0 bridgehead atoms. The summed E-state index contributed by atoms with van der Waals surface area (Å²) in [6.07, 6.45) is 4.41. The number of fused-ring (bicyclic) bond motifs is 3. The summed E-state index contributed by atoms with van der Waals surface area (Å²) < 4.78 is 6.79. The molecule has 0 aromatic heterocycles. The molecule has 0 aromatic carbocycles. The molecular weight excluding hydrogens is 264 g/mol. The van der Waals surface area contributed by atoms with Crippen LogP contribution in [0.2, 0.25) is 18.1 Å². The lowest BCUT2D eigenvalue weighted by Gasteiger charge is -2.45. The number of carbonyl (C=O) groups is 1. The van der Waals surface area contributed by atoms with E-state index in [2.05, 4.69) is 40.8 Å². The summed E-state index contributed by atoms with van der Waals surface area (Å²) in [7, 11) is -1.73. The maximum Gasteiger partial charge on any atom is 0.192 e. The van der Waals surface area contributed by atoms with Gasteiger partial charge in [0.1, 0.15) is 5.78 Å². The molecule has 0 saturated heterocycles. The van der Waals surface area contributed by atoms with Crippen LogP contribution in [-0.2, 0) is 9.22 Å². The second-order valence-electron chi connectivity index (χ2n) is 9.20. The van der Waals surface area contributed by atoms with Crippen LogP contribution in [0.4, 0.5) is 0 Å². The second-order valence-corrected chi connectivity index (χ2v) is 14.0. The van der Waals surface area contributed by atoms with Gasteiger partial charge in [0, 0.05) is 12.8 Å². The van der Waals surface area contributed by atoms with Gasteiger partial charge in [-0.15, -0.1) is 0 Å². The van der Waals surface area contributed by atoms with E-state index in [1.807, 2.05) is 0 Å². The number of carbonyl (C=O) groups excluding carboxylic acids is 1. The van der Waals surface area contributed by atoms with Crippen molar-refractivity contribution in [1.82, 2.24) is 0 Å². The Morgan fingerprint density at radius 2 is 1.90 bits per heavy atom. The standard InChI is InChI=1S/C17H30O2Si/c1-16(2,3)20(5,6)19-15-12-10-13(12)17(4)8-7-11(18)9-14(15)17/h12-15H,7-10H2,1-6H3/t12-,13+,14-,15-,17-/m0/s1. The first kappa shape index (κ1) is 14.8. The lowest BCUT2D eigenvalue weighted by molar-refractivity contribution is -0.126. The van der Waals surface area contributed by atoms with E-state index < -0.39 is 8.32 Å². The van der Waals surface area contributed by atoms with Crippen LogP contribution >= 0.6 is 0 Å². The number of hydrogen-bond donors (Lipinski definition) is 0. The lowest BCUT2D eigenvalue weighted by Crippen LogP contribution is -2.48. The summed E-state index contributed by atoms with van der Waals surface area (Å²) in [5.74, 6) is 2.57. The Kier molecular flexibility index (Phi) is 3.10. The van der Waals surface area contributed by atoms with Gasteiger partial charge in [-0.3, -0.25) is 4.79 Å². The highest BCUT2D eigenvalue weighted by Gasteiger charge is 2.67. The fourth-order valence-electron chi connectivity index (χ4n) is 4.45. The van der Waals surface area contributed by atoms with Crippen molar-refractivity contribution in [3.63, 3.8) is 0 Å². The van der Waals surface area contributed by atoms with E-state index >= 15 is 0 Å². The van der Waals surface area contributed by atoms with Gasteiger partial charge in [0.2, 0.25) is 0 Å². The molecule has 3 heteroatoms. The fourth-order valence-corrected chi connectivity index (χ4v) is 5.82. The van der Waals surface area contributed by atoms with Crippen molar-refractivity contribution < 1.29 is 9.22 Å². The monoisotopic (exact) mass is 294 g/mol. The van der Waals surface area contributed by atoms with Gasteiger partial charge in [-0.05, 0) is 54.1 Å². The first-order valence-corrected chi connectivity index (χ1v) is 11.2. The van der Waals surface area contributed by atoms with Gasteiger partial charge < -0.3 is 4.43 Å². The molecule has 0 spiro atoms. The van der Waals surface area contributed by atoms with Crippen molar-refractivity contribution in [2.45, 2.75) is 77.6 Å². The third-order valence-corrected chi connectivity index (χ3v) is 11.5. The molecule has 20 heavy (non-hydrogen) atoms. The Hall–Kier alpha value is -0.153. The Morgan fingerprint density at radius 1 is 1.25 bits per heavy atom. The van der Waals surface area contributed by atoms with Crippen molar-refractivity contribution in [2.24, 2.45) is 23.2 Å². The average molecular weight is 295 g/mol. The normalized spacial score (nSPS) is 44.2. The second kappa shape index (κ2) is 4.19. The Labute approximate surface area is 124 Å². The molecule has 3 fully saturated rings. The van der Waals surface area contributed by atoms with Crippen molar-refractivity contribution in [1.29, 1.82) is 0 Å². The van der Waals surface area contributed by atoms with Gasteiger partial charge in [0.15, 0.2) is 8.32 Å². The topological polar surface area (TPSA) is 26.3 Å². The Balaban J connectivity index is 1.82.